The zero-order chi connectivity index (χ0) is 18.7. The highest BCUT2D eigenvalue weighted by Crippen LogP contribution is 2.29. The van der Waals surface area contributed by atoms with Gasteiger partial charge in [-0.15, -0.1) is 11.3 Å². The monoisotopic (exact) mass is 370 g/mol. The van der Waals surface area contributed by atoms with E-state index in [1.807, 2.05) is 12.1 Å². The molecular formula is C18H18N4O3S. The van der Waals surface area contributed by atoms with Crippen LogP contribution in [0.25, 0.3) is 0 Å². The third-order valence-corrected chi connectivity index (χ3v) is 5.48. The second-order valence-electron chi connectivity index (χ2n) is 6.19. The quantitative estimate of drug-likeness (QED) is 0.610. The Morgan fingerprint density at radius 2 is 1.92 bits per heavy atom. The highest BCUT2D eigenvalue weighted by atomic mass is 32.1. The molecule has 1 aliphatic rings. The maximum atomic E-state index is 12.6. The van der Waals surface area contributed by atoms with Gasteiger partial charge >= 0.3 is 0 Å². The minimum atomic E-state index is -0.446. The molecule has 0 saturated carbocycles. The van der Waals surface area contributed by atoms with E-state index in [1.165, 1.54) is 17.4 Å². The molecule has 0 unspecified atom stereocenters. The summed E-state index contributed by atoms with van der Waals surface area (Å²) in [6.07, 6.45) is 0. The van der Waals surface area contributed by atoms with Crippen molar-refractivity contribution in [1.29, 1.82) is 5.26 Å². The van der Waals surface area contributed by atoms with Crippen LogP contribution in [0.5, 0.6) is 0 Å². The summed E-state index contributed by atoms with van der Waals surface area (Å²) in [5.41, 5.74) is 1.79. The minimum absolute atomic E-state index is 0.0119. The van der Waals surface area contributed by atoms with E-state index < -0.39 is 4.92 Å². The molecule has 0 N–H and O–H groups in total. The van der Waals surface area contributed by atoms with E-state index in [9.17, 15) is 14.9 Å². The van der Waals surface area contributed by atoms with Crippen LogP contribution in [0.4, 0.5) is 5.69 Å². The van der Waals surface area contributed by atoms with Crippen LogP contribution in [0.3, 0.4) is 0 Å². The fourth-order valence-electron chi connectivity index (χ4n) is 2.97. The molecule has 0 radical (unpaired) electrons. The number of benzene rings is 1. The predicted molar refractivity (Wildman–Crippen MR) is 98.0 cm³/mol. The molecule has 1 saturated heterocycles. The van der Waals surface area contributed by atoms with Gasteiger partial charge < -0.3 is 4.90 Å². The molecule has 8 heteroatoms. The van der Waals surface area contributed by atoms with E-state index in [1.54, 1.807) is 24.0 Å². The van der Waals surface area contributed by atoms with Crippen LogP contribution in [0.1, 0.15) is 25.7 Å². The summed E-state index contributed by atoms with van der Waals surface area (Å²) in [6, 6.07) is 11.0. The molecule has 1 amide bonds. The minimum Gasteiger partial charge on any atom is -0.335 e. The number of carbonyl (C=O) groups excluding carboxylic acids is 1. The lowest BCUT2D eigenvalue weighted by Gasteiger charge is -2.34. The van der Waals surface area contributed by atoms with Gasteiger partial charge in [-0.1, -0.05) is 12.1 Å². The van der Waals surface area contributed by atoms with Crippen LogP contribution < -0.4 is 0 Å². The first-order valence-corrected chi connectivity index (χ1v) is 9.05. The fourth-order valence-corrected chi connectivity index (χ4v) is 3.92. The predicted octanol–water partition coefficient (Wildman–Crippen LogP) is 2.79. The SMILES string of the molecule is Cc1sc(C(=O)N2CCN(Cc3ccc(C#N)cc3)CC2)cc1[N+](=O)[O-]. The number of nitro groups is 1. The standard InChI is InChI=1S/C18H18N4O3S/c1-13-16(22(24)25)10-17(26-13)18(23)21-8-6-20(7-9-21)12-15-4-2-14(11-19)3-5-15/h2-5,10H,6-9,12H2,1H3. The fraction of sp³-hybridized carbons (Fsp3) is 0.333. The van der Waals surface area contributed by atoms with Crippen molar-refractivity contribution >= 4 is 22.9 Å². The van der Waals surface area contributed by atoms with Crippen molar-refractivity contribution < 1.29 is 9.72 Å². The van der Waals surface area contributed by atoms with E-state index in [0.717, 1.165) is 25.2 Å². The molecule has 134 valence electrons. The molecule has 1 aromatic heterocycles. The zero-order valence-electron chi connectivity index (χ0n) is 14.3. The lowest BCUT2D eigenvalue weighted by molar-refractivity contribution is -0.385. The maximum absolute atomic E-state index is 12.6. The summed E-state index contributed by atoms with van der Waals surface area (Å²) in [7, 11) is 0. The normalized spacial score (nSPS) is 14.8. The average Bonchev–Trinajstić information content (AvgIpc) is 3.04. The summed E-state index contributed by atoms with van der Waals surface area (Å²) in [5, 5.41) is 19.8. The van der Waals surface area contributed by atoms with Crippen molar-refractivity contribution in [2.75, 3.05) is 26.2 Å². The Labute approximate surface area is 155 Å². The largest absolute Gasteiger partial charge is 0.335 e. The Bertz CT molecular complexity index is 862. The Morgan fingerprint density at radius 1 is 1.27 bits per heavy atom. The van der Waals surface area contributed by atoms with E-state index >= 15 is 0 Å². The lowest BCUT2D eigenvalue weighted by atomic mass is 10.1. The second-order valence-corrected chi connectivity index (χ2v) is 7.44. The molecule has 3 rings (SSSR count). The van der Waals surface area contributed by atoms with Crippen LogP contribution in [0.15, 0.2) is 30.3 Å². The molecule has 0 bridgehead atoms. The zero-order valence-corrected chi connectivity index (χ0v) is 15.2. The summed E-state index contributed by atoms with van der Waals surface area (Å²) in [4.78, 5) is 28.1. The number of thiophene rings is 1. The number of nitriles is 1. The molecule has 1 aliphatic heterocycles. The molecule has 7 nitrogen and oxygen atoms in total. The van der Waals surface area contributed by atoms with Crippen molar-refractivity contribution in [2.24, 2.45) is 0 Å². The van der Waals surface area contributed by atoms with Crippen molar-refractivity contribution in [1.82, 2.24) is 9.80 Å². The molecule has 0 aliphatic carbocycles. The molecule has 0 atom stereocenters. The first kappa shape index (κ1) is 18.0. The van der Waals surface area contributed by atoms with Gasteiger partial charge in [-0.05, 0) is 24.6 Å². The average molecular weight is 370 g/mol. The number of carbonyl (C=O) groups is 1. The highest BCUT2D eigenvalue weighted by Gasteiger charge is 2.26. The van der Waals surface area contributed by atoms with Gasteiger partial charge in [0.05, 0.1) is 26.3 Å². The number of hydrogen-bond acceptors (Lipinski definition) is 6. The molecule has 1 fully saturated rings. The van der Waals surface area contributed by atoms with Gasteiger partial charge in [-0.3, -0.25) is 19.8 Å². The number of rotatable bonds is 4. The Morgan fingerprint density at radius 3 is 2.46 bits per heavy atom. The topological polar surface area (TPSA) is 90.5 Å². The van der Waals surface area contributed by atoms with Crippen LogP contribution >= 0.6 is 11.3 Å². The number of hydrogen-bond donors (Lipinski definition) is 0. The number of nitrogens with zero attached hydrogens (tertiary/aromatic N) is 4. The number of aryl methyl sites for hydroxylation is 1. The third-order valence-electron chi connectivity index (χ3n) is 4.45. The van der Waals surface area contributed by atoms with Crippen molar-refractivity contribution in [2.45, 2.75) is 13.5 Å². The van der Waals surface area contributed by atoms with Crippen LogP contribution in [0, 0.1) is 28.4 Å². The highest BCUT2D eigenvalue weighted by molar-refractivity contribution is 7.14. The van der Waals surface area contributed by atoms with Gasteiger partial charge in [0.1, 0.15) is 0 Å². The Balaban J connectivity index is 1.57. The molecule has 2 heterocycles. The van der Waals surface area contributed by atoms with Crippen LogP contribution in [-0.4, -0.2) is 46.8 Å². The van der Waals surface area contributed by atoms with E-state index in [0.29, 0.717) is 28.4 Å². The van der Waals surface area contributed by atoms with E-state index in [2.05, 4.69) is 11.0 Å². The van der Waals surface area contributed by atoms with Gasteiger partial charge in [0.15, 0.2) is 0 Å². The summed E-state index contributed by atoms with van der Waals surface area (Å²) >= 11 is 1.18. The first-order chi connectivity index (χ1) is 12.5. The number of amides is 1. The molecule has 1 aromatic carbocycles. The third kappa shape index (κ3) is 3.90. The van der Waals surface area contributed by atoms with Gasteiger partial charge in [-0.2, -0.15) is 5.26 Å². The summed E-state index contributed by atoms with van der Waals surface area (Å²) in [5.74, 6) is -0.135. The Hall–Kier alpha value is -2.76. The van der Waals surface area contributed by atoms with E-state index in [-0.39, 0.29) is 11.6 Å². The first-order valence-electron chi connectivity index (χ1n) is 8.23. The smallest absolute Gasteiger partial charge is 0.283 e. The van der Waals surface area contributed by atoms with Crippen LogP contribution in [0.2, 0.25) is 0 Å². The van der Waals surface area contributed by atoms with Gasteiger partial charge in [0.2, 0.25) is 0 Å². The van der Waals surface area contributed by atoms with Crippen LogP contribution in [-0.2, 0) is 6.54 Å². The molecule has 2 aromatic rings. The van der Waals surface area contributed by atoms with Crippen molar-refractivity contribution in [3.8, 4) is 6.07 Å². The van der Waals surface area contributed by atoms with E-state index in [4.69, 9.17) is 5.26 Å². The maximum Gasteiger partial charge on any atom is 0.283 e. The summed E-state index contributed by atoms with van der Waals surface area (Å²) < 4.78 is 0. The molecular weight excluding hydrogens is 352 g/mol. The number of piperazine rings is 1. The molecule has 26 heavy (non-hydrogen) atoms. The summed E-state index contributed by atoms with van der Waals surface area (Å²) in [6.45, 7) is 5.13. The van der Waals surface area contributed by atoms with Crippen molar-refractivity contribution in [3.63, 3.8) is 0 Å². The second kappa shape index (κ2) is 7.64. The van der Waals surface area contributed by atoms with Gasteiger partial charge in [-0.25, -0.2) is 0 Å². The van der Waals surface area contributed by atoms with Gasteiger partial charge in [0.25, 0.3) is 11.6 Å². The molecule has 0 spiro atoms. The van der Waals surface area contributed by atoms with Crippen molar-refractivity contribution in [3.05, 3.63) is 61.3 Å². The van der Waals surface area contributed by atoms with Gasteiger partial charge in [0, 0.05) is 38.8 Å². The lowest BCUT2D eigenvalue weighted by Crippen LogP contribution is -2.48. The Kier molecular flexibility index (Phi) is 5.30.